The van der Waals surface area contributed by atoms with E-state index in [1.54, 1.807) is 12.1 Å². The van der Waals surface area contributed by atoms with Gasteiger partial charge in [0.1, 0.15) is 11.8 Å². The molecular weight excluding hydrogens is 324 g/mol. The maximum Gasteiger partial charge on any atom is 0.343 e. The molecule has 0 aromatic heterocycles. The van der Waals surface area contributed by atoms with Crippen molar-refractivity contribution < 1.29 is 23.9 Å². The molecule has 2 N–H and O–H groups in total. The van der Waals surface area contributed by atoms with Crippen LogP contribution in [0.5, 0.6) is 5.75 Å². The summed E-state index contributed by atoms with van der Waals surface area (Å²) in [6, 6.07) is 10.3. The van der Waals surface area contributed by atoms with Crippen LogP contribution in [0.1, 0.15) is 12.8 Å². The molecule has 0 aliphatic carbocycles. The molecule has 1 fully saturated rings. The van der Waals surface area contributed by atoms with Crippen molar-refractivity contribution >= 4 is 34.2 Å². The first-order chi connectivity index (χ1) is 12.1. The van der Waals surface area contributed by atoms with Gasteiger partial charge >= 0.3 is 5.97 Å². The summed E-state index contributed by atoms with van der Waals surface area (Å²) in [5, 5.41) is 7.04. The number of anilines is 1. The molecule has 1 aliphatic rings. The van der Waals surface area contributed by atoms with Crippen LogP contribution in [0.3, 0.4) is 0 Å². The van der Waals surface area contributed by atoms with E-state index >= 15 is 0 Å². The normalized spacial score (nSPS) is 16.4. The van der Waals surface area contributed by atoms with Gasteiger partial charge in [0.15, 0.2) is 6.61 Å². The second-order valence-corrected chi connectivity index (χ2v) is 5.67. The molecule has 2 amide bonds. The summed E-state index contributed by atoms with van der Waals surface area (Å²) in [6.07, 6.45) is 0.849. The third kappa shape index (κ3) is 3.71. The largest absolute Gasteiger partial charge is 0.481 e. The van der Waals surface area contributed by atoms with Gasteiger partial charge in [0.25, 0.3) is 0 Å². The van der Waals surface area contributed by atoms with Crippen LogP contribution in [0.25, 0.3) is 10.8 Å². The topological polar surface area (TPSA) is 93.7 Å². The van der Waals surface area contributed by atoms with Crippen molar-refractivity contribution in [1.29, 1.82) is 0 Å². The van der Waals surface area contributed by atoms with E-state index in [2.05, 4.69) is 15.4 Å². The Labute approximate surface area is 144 Å². The Morgan fingerprint density at radius 1 is 1.20 bits per heavy atom. The highest BCUT2D eigenvalue weighted by atomic mass is 16.6. The Balaban J connectivity index is 1.83. The average molecular weight is 342 g/mol. The number of nitrogens with one attached hydrogen (secondary N) is 2. The first kappa shape index (κ1) is 16.8. The summed E-state index contributed by atoms with van der Waals surface area (Å²) < 4.78 is 10.1. The lowest BCUT2D eigenvalue weighted by molar-refractivity contribution is -0.142. The molecule has 1 heterocycles. The quantitative estimate of drug-likeness (QED) is 0.805. The van der Waals surface area contributed by atoms with Gasteiger partial charge in [-0.05, 0) is 18.6 Å². The minimum atomic E-state index is -0.512. The van der Waals surface area contributed by atoms with Crippen LogP contribution >= 0.6 is 0 Å². The fourth-order valence-corrected chi connectivity index (χ4v) is 2.73. The lowest BCUT2D eigenvalue weighted by Crippen LogP contribution is -2.37. The zero-order valence-electron chi connectivity index (χ0n) is 13.7. The number of carbonyl (C=O) groups excluding carboxylic acids is 3. The predicted octanol–water partition coefficient (Wildman–Crippen LogP) is 1.61. The van der Waals surface area contributed by atoms with E-state index in [9.17, 15) is 14.4 Å². The van der Waals surface area contributed by atoms with Gasteiger partial charge in [0.2, 0.25) is 11.8 Å². The molecule has 7 heteroatoms. The number of ether oxygens (including phenoxy) is 2. The summed E-state index contributed by atoms with van der Waals surface area (Å²) in [5.41, 5.74) is 0.618. The average Bonchev–Trinajstić information content (AvgIpc) is 3.07. The van der Waals surface area contributed by atoms with Gasteiger partial charge in [-0.15, -0.1) is 0 Å². The molecule has 2 aromatic carbocycles. The van der Waals surface area contributed by atoms with Crippen molar-refractivity contribution in [3.05, 3.63) is 36.4 Å². The number of rotatable bonds is 5. The van der Waals surface area contributed by atoms with Crippen molar-refractivity contribution in [2.45, 2.75) is 18.9 Å². The molecular formula is C18H18N2O5. The van der Waals surface area contributed by atoms with E-state index in [1.165, 1.54) is 7.11 Å². The smallest absolute Gasteiger partial charge is 0.343 e. The van der Waals surface area contributed by atoms with E-state index in [4.69, 9.17) is 4.74 Å². The van der Waals surface area contributed by atoms with Crippen molar-refractivity contribution in [3.63, 3.8) is 0 Å². The third-order valence-electron chi connectivity index (χ3n) is 4.03. The molecule has 0 saturated carbocycles. The summed E-state index contributed by atoms with van der Waals surface area (Å²) >= 11 is 0. The molecule has 130 valence electrons. The Bertz CT molecular complexity index is 833. The molecule has 0 bridgehead atoms. The summed E-state index contributed by atoms with van der Waals surface area (Å²) in [7, 11) is 1.30. The second-order valence-electron chi connectivity index (χ2n) is 5.67. The molecule has 2 aromatic rings. The van der Waals surface area contributed by atoms with Crippen LogP contribution in [0.4, 0.5) is 5.69 Å². The van der Waals surface area contributed by atoms with Crippen LogP contribution in [-0.4, -0.2) is 37.5 Å². The monoisotopic (exact) mass is 342 g/mol. The van der Waals surface area contributed by atoms with E-state index < -0.39 is 12.0 Å². The van der Waals surface area contributed by atoms with Crippen LogP contribution in [-0.2, 0) is 19.1 Å². The molecule has 0 spiro atoms. The van der Waals surface area contributed by atoms with Gasteiger partial charge in [0, 0.05) is 22.9 Å². The van der Waals surface area contributed by atoms with Crippen LogP contribution in [0.2, 0.25) is 0 Å². The van der Waals surface area contributed by atoms with Gasteiger partial charge in [-0.25, -0.2) is 4.79 Å². The molecule has 25 heavy (non-hydrogen) atoms. The molecule has 7 nitrogen and oxygen atoms in total. The van der Waals surface area contributed by atoms with Crippen molar-refractivity contribution in [3.8, 4) is 5.75 Å². The highest BCUT2D eigenvalue weighted by Gasteiger charge is 2.27. The van der Waals surface area contributed by atoms with Crippen molar-refractivity contribution in [2.75, 3.05) is 19.0 Å². The Kier molecular flexibility index (Phi) is 4.83. The molecule has 0 unspecified atom stereocenters. The van der Waals surface area contributed by atoms with Crippen molar-refractivity contribution in [1.82, 2.24) is 5.32 Å². The van der Waals surface area contributed by atoms with E-state index in [0.29, 0.717) is 24.3 Å². The highest BCUT2D eigenvalue weighted by Crippen LogP contribution is 2.32. The molecule has 1 saturated heterocycles. The molecule has 1 aliphatic heterocycles. The summed E-state index contributed by atoms with van der Waals surface area (Å²) in [5.74, 6) is -0.317. The molecule has 1 atom stereocenters. The van der Waals surface area contributed by atoms with E-state index in [-0.39, 0.29) is 18.4 Å². The van der Waals surface area contributed by atoms with Crippen LogP contribution < -0.4 is 15.4 Å². The number of carbonyl (C=O) groups is 3. The zero-order chi connectivity index (χ0) is 17.8. The fourth-order valence-electron chi connectivity index (χ4n) is 2.73. The SMILES string of the molecule is COC(=O)COc1ccc(NC(=O)[C@@H]2CCC(=O)N2)c2ccccc12. The van der Waals surface area contributed by atoms with Gasteiger partial charge < -0.3 is 20.1 Å². The molecule has 0 radical (unpaired) electrons. The van der Waals surface area contributed by atoms with Crippen LogP contribution in [0.15, 0.2) is 36.4 Å². The number of amides is 2. The fraction of sp³-hybridized carbons (Fsp3) is 0.278. The minimum Gasteiger partial charge on any atom is -0.481 e. The lowest BCUT2D eigenvalue weighted by Gasteiger charge is -2.15. The highest BCUT2D eigenvalue weighted by molar-refractivity contribution is 6.06. The standard InChI is InChI=1S/C18H18N2O5/c1-24-17(22)10-25-15-8-6-13(11-4-2-3-5-12(11)15)20-18(23)14-7-9-16(21)19-14/h2-6,8,14H,7,9-10H2,1H3,(H,19,21)(H,20,23)/t14-/m0/s1. The second kappa shape index (κ2) is 7.21. The third-order valence-corrected chi connectivity index (χ3v) is 4.03. The predicted molar refractivity (Wildman–Crippen MR) is 91.3 cm³/mol. The number of esters is 1. The first-order valence-corrected chi connectivity index (χ1v) is 7.90. The van der Waals surface area contributed by atoms with Gasteiger partial charge in [0.05, 0.1) is 7.11 Å². The molecule has 3 rings (SSSR count). The maximum atomic E-state index is 12.3. The van der Waals surface area contributed by atoms with Gasteiger partial charge in [-0.2, -0.15) is 0 Å². The first-order valence-electron chi connectivity index (χ1n) is 7.90. The number of hydrogen-bond acceptors (Lipinski definition) is 5. The summed E-state index contributed by atoms with van der Waals surface area (Å²) in [4.78, 5) is 34.9. The van der Waals surface area contributed by atoms with E-state index in [0.717, 1.165) is 10.8 Å². The number of benzene rings is 2. The lowest BCUT2D eigenvalue weighted by atomic mass is 10.1. The van der Waals surface area contributed by atoms with E-state index in [1.807, 2.05) is 24.3 Å². The Morgan fingerprint density at radius 2 is 1.96 bits per heavy atom. The zero-order valence-corrected chi connectivity index (χ0v) is 13.7. The maximum absolute atomic E-state index is 12.3. The Morgan fingerprint density at radius 3 is 2.64 bits per heavy atom. The van der Waals surface area contributed by atoms with Crippen LogP contribution in [0, 0.1) is 0 Å². The number of hydrogen-bond donors (Lipinski definition) is 2. The summed E-state index contributed by atoms with van der Waals surface area (Å²) in [6.45, 7) is -0.194. The number of methoxy groups -OCH3 is 1. The minimum absolute atomic E-state index is 0.114. The Hall–Kier alpha value is -3.09. The number of fused-ring (bicyclic) bond motifs is 1. The van der Waals surface area contributed by atoms with Crippen molar-refractivity contribution in [2.24, 2.45) is 0 Å². The van der Waals surface area contributed by atoms with Gasteiger partial charge in [-0.1, -0.05) is 24.3 Å². The van der Waals surface area contributed by atoms with Gasteiger partial charge in [-0.3, -0.25) is 9.59 Å².